The maximum absolute atomic E-state index is 13.4. The van der Waals surface area contributed by atoms with Crippen LogP contribution in [0.3, 0.4) is 0 Å². The lowest BCUT2D eigenvalue weighted by Gasteiger charge is -2.06. The van der Waals surface area contributed by atoms with Gasteiger partial charge in [-0.3, -0.25) is 4.99 Å². The number of benzene rings is 2. The summed E-state index contributed by atoms with van der Waals surface area (Å²) in [6.45, 7) is 2.20. The van der Waals surface area contributed by atoms with Crippen LogP contribution in [0.15, 0.2) is 47.5 Å². The van der Waals surface area contributed by atoms with Gasteiger partial charge in [-0.05, 0) is 37.6 Å². The summed E-state index contributed by atoms with van der Waals surface area (Å²) in [4.78, 5) is 4.07. The highest BCUT2D eigenvalue weighted by atomic mass is 19.1. The highest BCUT2D eigenvalue weighted by Crippen LogP contribution is 2.12. The Balaban J connectivity index is 1.93. The number of rotatable bonds is 4. The molecular weight excluding hydrogens is 272 g/mol. The number of hydrogen-bond acceptors (Lipinski definition) is 1. The number of aryl methyl sites for hydroxylation is 1. The molecule has 0 aliphatic heterocycles. The van der Waals surface area contributed by atoms with Gasteiger partial charge in [0.05, 0.1) is 0 Å². The third-order valence-corrected chi connectivity index (χ3v) is 3.03. The molecule has 0 aliphatic rings. The number of hydrogen-bond donors (Lipinski definition) is 2. The maximum Gasteiger partial charge on any atom is 0.193 e. The van der Waals surface area contributed by atoms with E-state index in [0.29, 0.717) is 0 Å². The highest BCUT2D eigenvalue weighted by Gasteiger charge is 2.07. The predicted molar refractivity (Wildman–Crippen MR) is 81.4 cm³/mol. The van der Waals surface area contributed by atoms with Crippen LogP contribution in [0.2, 0.25) is 0 Å². The van der Waals surface area contributed by atoms with Crippen LogP contribution in [-0.2, 0) is 6.42 Å². The van der Waals surface area contributed by atoms with Crippen molar-refractivity contribution in [3.05, 3.63) is 65.2 Å². The van der Waals surface area contributed by atoms with Crippen LogP contribution in [0.5, 0.6) is 0 Å². The average Bonchev–Trinajstić information content (AvgIpc) is 2.45. The van der Waals surface area contributed by atoms with Crippen molar-refractivity contribution < 1.29 is 8.78 Å². The fourth-order valence-corrected chi connectivity index (χ4v) is 1.88. The minimum Gasteiger partial charge on any atom is -0.370 e. The smallest absolute Gasteiger partial charge is 0.193 e. The first-order chi connectivity index (χ1) is 10.1. The lowest BCUT2D eigenvalue weighted by atomic mass is 10.1. The summed E-state index contributed by atoms with van der Waals surface area (Å²) >= 11 is 0. The minimum absolute atomic E-state index is 0.0318. The molecule has 0 aliphatic carbocycles. The van der Waals surface area contributed by atoms with Crippen molar-refractivity contribution in [1.82, 2.24) is 0 Å². The molecule has 5 heteroatoms. The molecule has 21 heavy (non-hydrogen) atoms. The zero-order valence-corrected chi connectivity index (χ0v) is 11.7. The molecule has 0 fully saturated rings. The van der Waals surface area contributed by atoms with Gasteiger partial charge in [0.15, 0.2) is 5.96 Å². The molecule has 2 rings (SSSR count). The Labute approximate surface area is 122 Å². The van der Waals surface area contributed by atoms with Crippen molar-refractivity contribution >= 4 is 11.6 Å². The van der Waals surface area contributed by atoms with Crippen LogP contribution in [0.1, 0.15) is 11.1 Å². The second kappa shape index (κ2) is 6.83. The molecule has 110 valence electrons. The van der Waals surface area contributed by atoms with E-state index in [1.807, 2.05) is 31.2 Å². The third-order valence-electron chi connectivity index (χ3n) is 3.03. The Morgan fingerprint density at radius 2 is 1.71 bits per heavy atom. The first-order valence-electron chi connectivity index (χ1n) is 6.63. The lowest BCUT2D eigenvalue weighted by Crippen LogP contribution is -2.23. The molecule has 2 aromatic rings. The molecule has 0 aromatic heterocycles. The molecule has 0 saturated carbocycles. The molecule has 0 bridgehead atoms. The van der Waals surface area contributed by atoms with Crippen molar-refractivity contribution in [2.24, 2.45) is 10.7 Å². The zero-order chi connectivity index (χ0) is 15.2. The van der Waals surface area contributed by atoms with E-state index in [9.17, 15) is 8.78 Å². The standard InChI is InChI=1S/C16H17F2N3/c1-11-5-7-12(8-6-11)21-16(19)20-10-9-13-14(17)3-2-4-15(13)18/h2-8H,9-10H2,1H3,(H3,19,20,21). The number of guanidine groups is 1. The zero-order valence-electron chi connectivity index (χ0n) is 11.7. The molecule has 0 spiro atoms. The molecule has 0 heterocycles. The SMILES string of the molecule is Cc1ccc(NC(N)=NCCc2c(F)cccc2F)cc1. The van der Waals surface area contributed by atoms with Crippen LogP contribution in [-0.4, -0.2) is 12.5 Å². The van der Waals surface area contributed by atoms with Crippen LogP contribution >= 0.6 is 0 Å². The summed E-state index contributed by atoms with van der Waals surface area (Å²) in [6, 6.07) is 11.5. The fourth-order valence-electron chi connectivity index (χ4n) is 1.88. The Hall–Kier alpha value is -2.43. The number of nitrogens with zero attached hydrogens (tertiary/aromatic N) is 1. The lowest BCUT2D eigenvalue weighted by molar-refractivity contribution is 0.556. The Morgan fingerprint density at radius 1 is 1.10 bits per heavy atom. The molecule has 0 amide bonds. The van der Waals surface area contributed by atoms with Crippen LogP contribution in [0.4, 0.5) is 14.5 Å². The monoisotopic (exact) mass is 289 g/mol. The van der Waals surface area contributed by atoms with Gasteiger partial charge in [-0.1, -0.05) is 23.8 Å². The van der Waals surface area contributed by atoms with E-state index in [0.717, 1.165) is 11.3 Å². The van der Waals surface area contributed by atoms with Crippen molar-refractivity contribution in [2.45, 2.75) is 13.3 Å². The van der Waals surface area contributed by atoms with E-state index >= 15 is 0 Å². The molecule has 3 N–H and O–H groups in total. The van der Waals surface area contributed by atoms with Gasteiger partial charge in [0.1, 0.15) is 11.6 Å². The largest absolute Gasteiger partial charge is 0.370 e. The fraction of sp³-hybridized carbons (Fsp3) is 0.188. The summed E-state index contributed by atoms with van der Waals surface area (Å²) in [5, 5.41) is 2.92. The van der Waals surface area contributed by atoms with Crippen LogP contribution in [0, 0.1) is 18.6 Å². The third kappa shape index (κ3) is 4.27. The number of aliphatic imine (C=N–C) groups is 1. The highest BCUT2D eigenvalue weighted by molar-refractivity contribution is 5.92. The summed E-state index contributed by atoms with van der Waals surface area (Å²) in [7, 11) is 0. The van der Waals surface area contributed by atoms with E-state index < -0.39 is 11.6 Å². The number of anilines is 1. The minimum atomic E-state index is -0.560. The van der Waals surface area contributed by atoms with Gasteiger partial charge >= 0.3 is 0 Å². The second-order valence-electron chi connectivity index (χ2n) is 4.71. The molecular formula is C16H17F2N3. The summed E-state index contributed by atoms with van der Waals surface area (Å²) in [5.74, 6) is -0.902. The molecule has 3 nitrogen and oxygen atoms in total. The first-order valence-corrected chi connectivity index (χ1v) is 6.63. The molecule has 2 aromatic carbocycles. The Kier molecular flexibility index (Phi) is 4.87. The van der Waals surface area contributed by atoms with E-state index in [4.69, 9.17) is 5.73 Å². The van der Waals surface area contributed by atoms with Gasteiger partial charge in [-0.25, -0.2) is 8.78 Å². The summed E-state index contributed by atoms with van der Waals surface area (Å²) in [6.07, 6.45) is 0.161. The molecule has 0 unspecified atom stereocenters. The number of halogens is 2. The van der Waals surface area contributed by atoms with Gasteiger partial charge in [0, 0.05) is 17.8 Å². The predicted octanol–water partition coefficient (Wildman–Crippen LogP) is 3.24. The van der Waals surface area contributed by atoms with E-state index in [-0.39, 0.29) is 24.5 Å². The van der Waals surface area contributed by atoms with Gasteiger partial charge in [0.25, 0.3) is 0 Å². The molecule has 0 atom stereocenters. The Morgan fingerprint density at radius 3 is 2.33 bits per heavy atom. The number of nitrogens with one attached hydrogen (secondary N) is 1. The van der Waals surface area contributed by atoms with Gasteiger partial charge < -0.3 is 11.1 Å². The summed E-state index contributed by atoms with van der Waals surface area (Å²) < 4.78 is 26.8. The quantitative estimate of drug-likeness (QED) is 0.670. The van der Waals surface area contributed by atoms with Crippen molar-refractivity contribution in [1.29, 1.82) is 0 Å². The van der Waals surface area contributed by atoms with Gasteiger partial charge in [-0.2, -0.15) is 0 Å². The van der Waals surface area contributed by atoms with E-state index in [1.165, 1.54) is 18.2 Å². The van der Waals surface area contributed by atoms with E-state index in [1.54, 1.807) is 0 Å². The maximum atomic E-state index is 13.4. The van der Waals surface area contributed by atoms with Gasteiger partial charge in [-0.15, -0.1) is 0 Å². The molecule has 0 saturated heterocycles. The topological polar surface area (TPSA) is 50.4 Å². The number of nitrogens with two attached hydrogens (primary N) is 1. The Bertz CT molecular complexity index is 616. The van der Waals surface area contributed by atoms with Crippen molar-refractivity contribution in [3.8, 4) is 0 Å². The second-order valence-corrected chi connectivity index (χ2v) is 4.71. The van der Waals surface area contributed by atoms with Crippen molar-refractivity contribution in [3.63, 3.8) is 0 Å². The van der Waals surface area contributed by atoms with Gasteiger partial charge in [0.2, 0.25) is 0 Å². The van der Waals surface area contributed by atoms with Crippen LogP contribution < -0.4 is 11.1 Å². The summed E-state index contributed by atoms with van der Waals surface area (Å²) in [5.41, 5.74) is 7.73. The first kappa shape index (κ1) is 15.0. The van der Waals surface area contributed by atoms with Crippen LogP contribution in [0.25, 0.3) is 0 Å². The van der Waals surface area contributed by atoms with E-state index in [2.05, 4.69) is 10.3 Å². The average molecular weight is 289 g/mol. The molecule has 0 radical (unpaired) electrons. The normalized spacial score (nSPS) is 11.5. The van der Waals surface area contributed by atoms with Crippen molar-refractivity contribution in [2.75, 3.05) is 11.9 Å².